The van der Waals surface area contributed by atoms with E-state index in [-0.39, 0.29) is 12.2 Å². The van der Waals surface area contributed by atoms with Crippen molar-refractivity contribution in [2.24, 2.45) is 0 Å². The zero-order valence-corrected chi connectivity index (χ0v) is 15.5. The Morgan fingerprint density at radius 3 is 2.66 bits per heavy atom. The van der Waals surface area contributed by atoms with Crippen molar-refractivity contribution in [3.63, 3.8) is 0 Å². The van der Waals surface area contributed by atoms with Crippen LogP contribution < -0.4 is 16.6 Å². The van der Waals surface area contributed by atoms with Crippen molar-refractivity contribution in [3.8, 4) is 0 Å². The van der Waals surface area contributed by atoms with Crippen LogP contribution in [0.15, 0.2) is 62.0 Å². The molecule has 0 saturated heterocycles. The Balaban J connectivity index is 1.70. The first-order chi connectivity index (χ1) is 13.9. The first kappa shape index (κ1) is 18.8. The maximum atomic E-state index is 13.3. The van der Waals surface area contributed by atoms with Gasteiger partial charge in [0, 0.05) is 11.8 Å². The summed E-state index contributed by atoms with van der Waals surface area (Å²) in [7, 11) is 0. The van der Waals surface area contributed by atoms with Gasteiger partial charge in [-0.1, -0.05) is 0 Å². The number of nitrogens with zero attached hydrogens (tertiary/aromatic N) is 2. The maximum Gasteiger partial charge on any atom is 0.332 e. The fourth-order valence-electron chi connectivity index (χ4n) is 2.90. The molecule has 0 bridgehead atoms. The summed E-state index contributed by atoms with van der Waals surface area (Å²) in [6, 6.07) is 7.77. The van der Waals surface area contributed by atoms with Crippen molar-refractivity contribution >= 4 is 33.1 Å². The molecule has 1 aromatic carbocycles. The smallest absolute Gasteiger partial charge is 0.332 e. The minimum Gasteiger partial charge on any atom is -0.467 e. The van der Waals surface area contributed by atoms with Crippen LogP contribution in [0.2, 0.25) is 0 Å². The molecule has 0 radical (unpaired) electrons. The Hall–Kier alpha value is -3.53. The van der Waals surface area contributed by atoms with Gasteiger partial charge in [-0.25, -0.2) is 13.6 Å². The number of hydrogen-bond donors (Lipinski definition) is 1. The van der Waals surface area contributed by atoms with Crippen LogP contribution in [-0.4, -0.2) is 15.0 Å². The number of anilines is 1. The summed E-state index contributed by atoms with van der Waals surface area (Å²) in [6.45, 7) is -0.493. The lowest BCUT2D eigenvalue weighted by molar-refractivity contribution is -0.116. The summed E-state index contributed by atoms with van der Waals surface area (Å²) in [5.41, 5.74) is -0.792. The van der Waals surface area contributed by atoms with Gasteiger partial charge >= 0.3 is 5.69 Å². The standard InChI is InChI=1S/C19H13F2N3O4S/c20-13-4-3-11(8-14(13)21)22-16(25)10-23-15-5-7-29-17(15)18(26)24(19(23)27)9-12-2-1-6-28-12/h1-8H,9-10H2,(H,22,25). The largest absolute Gasteiger partial charge is 0.467 e. The summed E-state index contributed by atoms with van der Waals surface area (Å²) in [5.74, 6) is -2.36. The number of amides is 1. The number of nitrogens with one attached hydrogen (secondary N) is 1. The average molecular weight is 417 g/mol. The second kappa shape index (κ2) is 7.47. The van der Waals surface area contributed by atoms with Gasteiger partial charge in [0.15, 0.2) is 11.6 Å². The third kappa shape index (κ3) is 3.61. The molecule has 3 heterocycles. The highest BCUT2D eigenvalue weighted by atomic mass is 32.1. The molecule has 4 rings (SSSR count). The number of carbonyl (C=O) groups is 1. The molecule has 1 N–H and O–H groups in total. The van der Waals surface area contributed by atoms with Crippen molar-refractivity contribution in [2.45, 2.75) is 13.1 Å². The van der Waals surface area contributed by atoms with Crippen molar-refractivity contribution < 1.29 is 18.0 Å². The van der Waals surface area contributed by atoms with E-state index in [1.807, 2.05) is 0 Å². The number of halogens is 2. The Morgan fingerprint density at radius 1 is 1.10 bits per heavy atom. The van der Waals surface area contributed by atoms with Gasteiger partial charge in [0.05, 0.1) is 18.3 Å². The molecule has 3 aromatic heterocycles. The Morgan fingerprint density at radius 2 is 1.93 bits per heavy atom. The van der Waals surface area contributed by atoms with Crippen LogP contribution in [0.5, 0.6) is 0 Å². The summed E-state index contributed by atoms with van der Waals surface area (Å²) in [6.07, 6.45) is 1.43. The normalized spacial score (nSPS) is 11.1. The van der Waals surface area contributed by atoms with E-state index in [0.29, 0.717) is 16.0 Å². The van der Waals surface area contributed by atoms with Crippen LogP contribution in [0.1, 0.15) is 5.76 Å². The number of rotatable bonds is 5. The van der Waals surface area contributed by atoms with E-state index in [1.165, 1.54) is 12.3 Å². The molecule has 0 aliphatic heterocycles. The minimum absolute atomic E-state index is 0.0485. The molecule has 0 fully saturated rings. The third-order valence-corrected chi connectivity index (χ3v) is 5.13. The zero-order valence-electron chi connectivity index (χ0n) is 14.7. The predicted molar refractivity (Wildman–Crippen MR) is 103 cm³/mol. The monoisotopic (exact) mass is 417 g/mol. The highest BCUT2D eigenvalue weighted by Gasteiger charge is 2.17. The molecular weight excluding hydrogens is 404 g/mol. The molecule has 1 amide bonds. The zero-order chi connectivity index (χ0) is 20.5. The lowest BCUT2D eigenvalue weighted by atomic mass is 10.3. The second-order valence-corrected chi connectivity index (χ2v) is 7.07. The van der Waals surface area contributed by atoms with Gasteiger partial charge < -0.3 is 9.73 Å². The van der Waals surface area contributed by atoms with Gasteiger partial charge in [-0.3, -0.25) is 18.7 Å². The van der Waals surface area contributed by atoms with Crippen LogP contribution in [0.25, 0.3) is 10.2 Å². The Labute approximate surface area is 165 Å². The van der Waals surface area contributed by atoms with E-state index in [9.17, 15) is 23.2 Å². The SMILES string of the molecule is O=C(Cn1c(=O)n(Cc2ccco2)c(=O)c2sccc21)Nc1ccc(F)c(F)c1. The summed E-state index contributed by atoms with van der Waals surface area (Å²) >= 11 is 1.15. The molecule has 0 aliphatic rings. The van der Waals surface area contributed by atoms with Crippen LogP contribution in [-0.2, 0) is 17.9 Å². The molecule has 4 aromatic rings. The number of fused-ring (bicyclic) bond motifs is 1. The number of thiophene rings is 1. The lowest BCUT2D eigenvalue weighted by Crippen LogP contribution is -2.41. The molecule has 0 spiro atoms. The summed E-state index contributed by atoms with van der Waals surface area (Å²) in [5, 5.41) is 4.06. The topological polar surface area (TPSA) is 86.2 Å². The Bertz CT molecular complexity index is 1320. The van der Waals surface area contributed by atoms with Crippen molar-refractivity contribution in [2.75, 3.05) is 5.32 Å². The van der Waals surface area contributed by atoms with Gasteiger partial charge in [-0.2, -0.15) is 0 Å². The predicted octanol–water partition coefficient (Wildman–Crippen LogP) is 2.78. The van der Waals surface area contributed by atoms with Gasteiger partial charge in [-0.15, -0.1) is 11.3 Å². The fourth-order valence-corrected chi connectivity index (χ4v) is 3.74. The van der Waals surface area contributed by atoms with E-state index in [2.05, 4.69) is 5.32 Å². The van der Waals surface area contributed by atoms with Crippen LogP contribution in [0.3, 0.4) is 0 Å². The lowest BCUT2D eigenvalue weighted by Gasteiger charge is -2.12. The number of carbonyl (C=O) groups excluding carboxylic acids is 1. The quantitative estimate of drug-likeness (QED) is 0.541. The first-order valence-corrected chi connectivity index (χ1v) is 9.30. The average Bonchev–Trinajstić information content (AvgIpc) is 3.37. The third-order valence-electron chi connectivity index (χ3n) is 4.24. The molecule has 0 atom stereocenters. The molecule has 10 heteroatoms. The second-order valence-electron chi connectivity index (χ2n) is 6.15. The molecule has 0 aliphatic carbocycles. The first-order valence-electron chi connectivity index (χ1n) is 8.42. The highest BCUT2D eigenvalue weighted by Crippen LogP contribution is 2.17. The number of aromatic nitrogens is 2. The van der Waals surface area contributed by atoms with E-state index in [4.69, 9.17) is 4.42 Å². The van der Waals surface area contributed by atoms with Gasteiger partial charge in [0.1, 0.15) is 17.0 Å². The van der Waals surface area contributed by atoms with Crippen molar-refractivity contribution in [1.82, 2.24) is 9.13 Å². The summed E-state index contributed by atoms with van der Waals surface area (Å²) < 4.78 is 34.1. The molecule has 29 heavy (non-hydrogen) atoms. The fraction of sp³-hybridized carbons (Fsp3) is 0.105. The molecule has 0 saturated carbocycles. The van der Waals surface area contributed by atoms with Crippen LogP contribution in [0, 0.1) is 11.6 Å². The molecule has 148 valence electrons. The van der Waals surface area contributed by atoms with Crippen LogP contribution in [0.4, 0.5) is 14.5 Å². The van der Waals surface area contributed by atoms with Crippen molar-refractivity contribution in [3.05, 3.63) is 86.3 Å². The van der Waals surface area contributed by atoms with Gasteiger partial charge in [0.2, 0.25) is 5.91 Å². The minimum atomic E-state index is -1.10. The summed E-state index contributed by atoms with van der Waals surface area (Å²) in [4.78, 5) is 38.0. The molecule has 0 unspecified atom stereocenters. The maximum absolute atomic E-state index is 13.3. The van der Waals surface area contributed by atoms with Crippen molar-refractivity contribution in [1.29, 1.82) is 0 Å². The van der Waals surface area contributed by atoms with E-state index in [1.54, 1.807) is 23.6 Å². The van der Waals surface area contributed by atoms with Crippen LogP contribution >= 0.6 is 11.3 Å². The molecule has 7 nitrogen and oxygen atoms in total. The van der Waals surface area contributed by atoms with E-state index in [0.717, 1.165) is 32.6 Å². The van der Waals surface area contributed by atoms with E-state index >= 15 is 0 Å². The van der Waals surface area contributed by atoms with Gasteiger partial charge in [0.25, 0.3) is 5.56 Å². The number of benzene rings is 1. The number of furan rings is 1. The Kier molecular flexibility index (Phi) is 4.85. The highest BCUT2D eigenvalue weighted by molar-refractivity contribution is 7.17. The number of hydrogen-bond acceptors (Lipinski definition) is 5. The van der Waals surface area contributed by atoms with Gasteiger partial charge in [-0.05, 0) is 35.7 Å². The van der Waals surface area contributed by atoms with E-state index < -0.39 is 35.3 Å². The molecular formula is C19H13F2N3O4S.